The van der Waals surface area contributed by atoms with Gasteiger partial charge in [-0.25, -0.2) is 9.50 Å². The highest BCUT2D eigenvalue weighted by Gasteiger charge is 2.27. The smallest absolute Gasteiger partial charge is 0.286 e. The van der Waals surface area contributed by atoms with Gasteiger partial charge in [-0.1, -0.05) is 17.7 Å². The molecule has 3 aromatic rings. The summed E-state index contributed by atoms with van der Waals surface area (Å²) in [5.74, 6) is -0.235. The van der Waals surface area contributed by atoms with Gasteiger partial charge in [0.25, 0.3) is 5.91 Å². The van der Waals surface area contributed by atoms with Gasteiger partial charge < -0.3 is 14.5 Å². The van der Waals surface area contributed by atoms with Crippen molar-refractivity contribution in [2.75, 3.05) is 57.4 Å². The Morgan fingerprint density at radius 1 is 1.03 bits per heavy atom. The Morgan fingerprint density at radius 3 is 2.55 bits per heavy atom. The van der Waals surface area contributed by atoms with Gasteiger partial charge in [0.1, 0.15) is 0 Å². The molecule has 0 atom stereocenters. The van der Waals surface area contributed by atoms with E-state index in [1.807, 2.05) is 18.2 Å². The SMILES string of the molecule is CC(C)N1CCN(c2ccc(-c3cnc4ccc(/C=C5\SC(N6CCOCC6)=NC5=O)nn34)cc2Cl)CC1. The molecule has 6 rings (SSSR count). The number of anilines is 1. The topological polar surface area (TPSA) is 78.6 Å². The second kappa shape index (κ2) is 10.7. The lowest BCUT2D eigenvalue weighted by Gasteiger charge is -2.38. The highest BCUT2D eigenvalue weighted by atomic mass is 35.5. The van der Waals surface area contributed by atoms with Gasteiger partial charge in [0.05, 0.1) is 46.4 Å². The fourth-order valence-electron chi connectivity index (χ4n) is 4.99. The van der Waals surface area contributed by atoms with Gasteiger partial charge in [-0.05, 0) is 56.0 Å². The van der Waals surface area contributed by atoms with Crippen LogP contribution in [0.25, 0.3) is 23.0 Å². The fraction of sp³-hybridized carbons (Fsp3) is 0.407. The maximum atomic E-state index is 12.6. The van der Waals surface area contributed by atoms with Crippen molar-refractivity contribution in [1.82, 2.24) is 24.4 Å². The number of halogens is 1. The molecule has 3 aliphatic heterocycles. The van der Waals surface area contributed by atoms with Gasteiger partial charge in [-0.2, -0.15) is 10.1 Å². The molecule has 3 aliphatic rings. The number of ether oxygens (including phenoxy) is 1. The molecular weight excluding hydrogens is 522 g/mol. The monoisotopic (exact) mass is 551 g/mol. The third-order valence-corrected chi connectivity index (χ3v) is 8.53. The highest BCUT2D eigenvalue weighted by Crippen LogP contribution is 2.33. The lowest BCUT2D eigenvalue weighted by molar-refractivity contribution is -0.113. The average molecular weight is 552 g/mol. The number of morpholine rings is 1. The minimum atomic E-state index is -0.235. The molecule has 9 nitrogen and oxygen atoms in total. The number of carbonyl (C=O) groups is 1. The maximum Gasteiger partial charge on any atom is 0.286 e. The molecule has 0 bridgehead atoms. The molecule has 2 aromatic heterocycles. The predicted molar refractivity (Wildman–Crippen MR) is 153 cm³/mol. The van der Waals surface area contributed by atoms with Crippen LogP contribution in [0.4, 0.5) is 5.69 Å². The van der Waals surface area contributed by atoms with Crippen molar-refractivity contribution in [2.24, 2.45) is 4.99 Å². The van der Waals surface area contributed by atoms with E-state index in [1.165, 1.54) is 11.8 Å². The summed E-state index contributed by atoms with van der Waals surface area (Å²) in [6, 6.07) is 10.5. The molecule has 198 valence electrons. The summed E-state index contributed by atoms with van der Waals surface area (Å²) >= 11 is 8.18. The largest absolute Gasteiger partial charge is 0.378 e. The second-order valence-corrected chi connectivity index (χ2v) is 11.3. The van der Waals surface area contributed by atoms with Gasteiger partial charge in [-0.15, -0.1) is 0 Å². The number of aromatic nitrogens is 3. The van der Waals surface area contributed by atoms with Crippen molar-refractivity contribution in [3.05, 3.63) is 52.2 Å². The number of rotatable bonds is 4. The summed E-state index contributed by atoms with van der Waals surface area (Å²) in [6.45, 7) is 11.2. The summed E-state index contributed by atoms with van der Waals surface area (Å²) in [5.41, 5.74) is 4.22. The van der Waals surface area contributed by atoms with Crippen LogP contribution in [-0.2, 0) is 9.53 Å². The van der Waals surface area contributed by atoms with E-state index in [-0.39, 0.29) is 5.91 Å². The normalized spacial score (nSPS) is 20.3. The third-order valence-electron chi connectivity index (χ3n) is 7.18. The number of amidine groups is 1. The number of piperazine rings is 1. The van der Waals surface area contributed by atoms with Crippen molar-refractivity contribution in [2.45, 2.75) is 19.9 Å². The van der Waals surface area contributed by atoms with Crippen molar-refractivity contribution < 1.29 is 9.53 Å². The lowest BCUT2D eigenvalue weighted by atomic mass is 10.1. The maximum absolute atomic E-state index is 12.6. The highest BCUT2D eigenvalue weighted by molar-refractivity contribution is 8.18. The molecule has 5 heterocycles. The van der Waals surface area contributed by atoms with Crippen LogP contribution in [0.3, 0.4) is 0 Å². The number of hydrogen-bond acceptors (Lipinski definition) is 8. The van der Waals surface area contributed by atoms with E-state index in [2.05, 4.69) is 50.7 Å². The molecule has 0 unspecified atom stereocenters. The van der Waals surface area contributed by atoms with Crippen molar-refractivity contribution in [1.29, 1.82) is 0 Å². The molecule has 11 heteroatoms. The Kier molecular flexibility index (Phi) is 7.13. The van der Waals surface area contributed by atoms with E-state index in [1.54, 1.807) is 16.8 Å². The molecule has 38 heavy (non-hydrogen) atoms. The number of nitrogens with zero attached hydrogens (tertiary/aromatic N) is 7. The first-order valence-corrected chi connectivity index (χ1v) is 14.1. The van der Waals surface area contributed by atoms with Crippen LogP contribution in [0.1, 0.15) is 19.5 Å². The van der Waals surface area contributed by atoms with Crippen molar-refractivity contribution in [3.63, 3.8) is 0 Å². The van der Waals surface area contributed by atoms with Gasteiger partial charge in [0, 0.05) is 50.9 Å². The van der Waals surface area contributed by atoms with Gasteiger partial charge >= 0.3 is 0 Å². The number of amides is 1. The lowest BCUT2D eigenvalue weighted by Crippen LogP contribution is -2.49. The molecule has 1 amide bonds. The van der Waals surface area contributed by atoms with Crippen LogP contribution >= 0.6 is 23.4 Å². The number of imidazole rings is 1. The van der Waals surface area contributed by atoms with Crippen LogP contribution in [0.15, 0.2) is 46.4 Å². The van der Waals surface area contributed by atoms with Crippen molar-refractivity contribution in [3.8, 4) is 11.3 Å². The Bertz CT molecular complexity index is 1420. The Labute approximate surface area is 231 Å². The first-order valence-electron chi connectivity index (χ1n) is 13.0. The summed E-state index contributed by atoms with van der Waals surface area (Å²) in [4.78, 5) is 28.9. The standard InChI is InChI=1S/C27H30ClN7O2S/c1-18(2)32-7-9-33(10-8-32)22-5-3-19(15-21(22)28)23-17-29-25-6-4-20(31-35(23)25)16-24-26(36)30-27(38-24)34-11-13-37-14-12-34/h3-6,15-18H,7-14H2,1-2H3/b24-16-. The van der Waals surface area contributed by atoms with E-state index in [9.17, 15) is 4.79 Å². The third kappa shape index (κ3) is 5.05. The van der Waals surface area contributed by atoms with E-state index in [0.717, 1.165) is 72.1 Å². The predicted octanol–water partition coefficient (Wildman–Crippen LogP) is 3.88. The molecule has 2 saturated heterocycles. The molecular formula is C27H30ClN7O2S. The molecule has 1 aromatic carbocycles. The minimum absolute atomic E-state index is 0.235. The number of benzene rings is 1. The average Bonchev–Trinajstić information content (AvgIpc) is 3.52. The summed E-state index contributed by atoms with van der Waals surface area (Å²) < 4.78 is 7.21. The minimum Gasteiger partial charge on any atom is -0.378 e. The molecule has 0 aliphatic carbocycles. The molecule has 0 N–H and O–H groups in total. The Balaban J connectivity index is 1.22. The van der Waals surface area contributed by atoms with Gasteiger partial charge in [0.15, 0.2) is 10.8 Å². The second-order valence-electron chi connectivity index (χ2n) is 9.86. The Hall–Kier alpha value is -2.92. The zero-order valence-corrected chi connectivity index (χ0v) is 23.1. The molecule has 2 fully saturated rings. The Morgan fingerprint density at radius 2 is 1.82 bits per heavy atom. The number of thioether (sulfide) groups is 1. The first kappa shape index (κ1) is 25.4. The summed E-state index contributed by atoms with van der Waals surface area (Å²) in [7, 11) is 0. The van der Waals surface area contributed by atoms with Crippen LogP contribution in [0.2, 0.25) is 5.02 Å². The van der Waals surface area contributed by atoms with Crippen molar-refractivity contribution >= 4 is 51.8 Å². The molecule has 0 radical (unpaired) electrons. The van der Waals surface area contributed by atoms with Gasteiger partial charge in [-0.3, -0.25) is 9.69 Å². The van der Waals surface area contributed by atoms with Crippen LogP contribution in [0, 0.1) is 0 Å². The van der Waals surface area contributed by atoms with Crippen LogP contribution in [-0.4, -0.2) is 94.0 Å². The van der Waals surface area contributed by atoms with E-state index >= 15 is 0 Å². The number of fused-ring (bicyclic) bond motifs is 1. The van der Waals surface area contributed by atoms with Crippen LogP contribution in [0.5, 0.6) is 0 Å². The van der Waals surface area contributed by atoms with Gasteiger partial charge in [0.2, 0.25) is 0 Å². The van der Waals surface area contributed by atoms with E-state index < -0.39 is 0 Å². The van der Waals surface area contributed by atoms with E-state index in [0.29, 0.717) is 29.9 Å². The first-order chi connectivity index (χ1) is 18.5. The quantitative estimate of drug-likeness (QED) is 0.452. The number of hydrogen-bond donors (Lipinski definition) is 0. The number of carbonyl (C=O) groups excluding carboxylic acids is 1. The zero-order chi connectivity index (χ0) is 26.2. The molecule has 0 spiro atoms. The zero-order valence-electron chi connectivity index (χ0n) is 21.5. The summed E-state index contributed by atoms with van der Waals surface area (Å²) in [6.07, 6.45) is 3.60. The van der Waals surface area contributed by atoms with Crippen LogP contribution < -0.4 is 4.90 Å². The van der Waals surface area contributed by atoms with E-state index in [4.69, 9.17) is 21.4 Å². The summed E-state index contributed by atoms with van der Waals surface area (Å²) in [5, 5.41) is 6.23. The fourth-order valence-corrected chi connectivity index (χ4v) is 6.24. The molecule has 0 saturated carbocycles. The number of aliphatic imine (C=N–C) groups is 1.